The number of hydrogen-bond donors (Lipinski definition) is 0. The summed E-state index contributed by atoms with van der Waals surface area (Å²) in [6, 6.07) is 9.83. The lowest BCUT2D eigenvalue weighted by Gasteiger charge is -2.17. The number of carbonyl (C=O) groups excluding carboxylic acids is 3. The number of ether oxygens (including phenoxy) is 1. The van der Waals surface area contributed by atoms with Crippen LogP contribution in [0.15, 0.2) is 59.2 Å². The third kappa shape index (κ3) is 2.44. The molecule has 2 aromatic rings. The second-order valence-corrected chi connectivity index (χ2v) is 7.21. The quantitative estimate of drug-likeness (QED) is 0.474. The molecule has 0 N–H and O–H groups in total. The molecule has 27 heavy (non-hydrogen) atoms. The fourth-order valence-corrected chi connectivity index (χ4v) is 4.52. The number of nitrogens with zero attached hydrogens (tertiary/aromatic N) is 1. The highest BCUT2D eigenvalue weighted by Crippen LogP contribution is 2.53. The molecule has 1 saturated carbocycles. The van der Waals surface area contributed by atoms with Gasteiger partial charge in [0.25, 0.3) is 0 Å². The van der Waals surface area contributed by atoms with E-state index < -0.39 is 5.97 Å². The van der Waals surface area contributed by atoms with E-state index in [0.717, 1.165) is 6.42 Å². The van der Waals surface area contributed by atoms with Gasteiger partial charge in [-0.3, -0.25) is 14.5 Å². The Balaban J connectivity index is 1.31. The fraction of sp³-hybridized carbons (Fsp3) is 0.286. The molecule has 2 bridgehead atoms. The predicted molar refractivity (Wildman–Crippen MR) is 94.5 cm³/mol. The highest BCUT2D eigenvalue weighted by Gasteiger charge is 2.59. The number of anilines is 1. The van der Waals surface area contributed by atoms with Gasteiger partial charge in [0.15, 0.2) is 0 Å². The number of carbonyl (C=O) groups is 3. The number of benzene rings is 1. The Labute approximate surface area is 155 Å². The summed E-state index contributed by atoms with van der Waals surface area (Å²) in [5.74, 6) is -0.297. The van der Waals surface area contributed by atoms with Crippen molar-refractivity contribution in [3.8, 4) is 0 Å². The van der Waals surface area contributed by atoms with Crippen molar-refractivity contribution < 1.29 is 23.5 Å². The molecular weight excluding hydrogens is 346 g/mol. The van der Waals surface area contributed by atoms with E-state index in [1.54, 1.807) is 36.4 Å². The van der Waals surface area contributed by atoms with Crippen LogP contribution in [0.4, 0.5) is 5.69 Å². The molecule has 0 radical (unpaired) electrons. The molecule has 1 aromatic heterocycles. The molecule has 2 amide bonds. The third-order valence-electron chi connectivity index (χ3n) is 5.76. The standard InChI is InChI=1S/C21H17NO5/c23-19-17-13-3-4-14(10-13)18(17)20(24)22(19)15-7-5-12(6-8-15)21(25)27-11-16-2-1-9-26-16/h1-9,13-14,17-18H,10-11H2/t13-,14-,17+,18+/m1/s1. The highest BCUT2D eigenvalue weighted by atomic mass is 16.5. The van der Waals surface area contributed by atoms with Crippen molar-refractivity contribution in [1.29, 1.82) is 0 Å². The van der Waals surface area contributed by atoms with Crippen LogP contribution in [0.3, 0.4) is 0 Å². The molecule has 4 atom stereocenters. The van der Waals surface area contributed by atoms with Crippen LogP contribution < -0.4 is 4.90 Å². The Kier molecular flexibility index (Phi) is 3.53. The van der Waals surface area contributed by atoms with Crippen molar-refractivity contribution in [3.05, 3.63) is 66.1 Å². The number of imide groups is 1. The van der Waals surface area contributed by atoms with E-state index >= 15 is 0 Å². The molecule has 3 aliphatic rings. The molecule has 0 spiro atoms. The van der Waals surface area contributed by atoms with Gasteiger partial charge < -0.3 is 9.15 Å². The zero-order valence-electron chi connectivity index (χ0n) is 14.4. The molecule has 2 heterocycles. The molecule has 2 aliphatic carbocycles. The van der Waals surface area contributed by atoms with E-state index in [4.69, 9.17) is 9.15 Å². The maximum atomic E-state index is 12.8. The van der Waals surface area contributed by atoms with Crippen LogP contribution in [0, 0.1) is 23.7 Å². The van der Waals surface area contributed by atoms with Crippen LogP contribution in [-0.2, 0) is 20.9 Å². The molecule has 0 unspecified atom stereocenters. The minimum absolute atomic E-state index is 0.0514. The molecule has 1 aliphatic heterocycles. The van der Waals surface area contributed by atoms with Crippen LogP contribution in [-0.4, -0.2) is 17.8 Å². The number of esters is 1. The topological polar surface area (TPSA) is 76.8 Å². The molecule has 136 valence electrons. The summed E-state index contributed by atoms with van der Waals surface area (Å²) < 4.78 is 10.3. The van der Waals surface area contributed by atoms with Gasteiger partial charge in [-0.25, -0.2) is 4.79 Å². The van der Waals surface area contributed by atoms with Crippen molar-refractivity contribution in [2.75, 3.05) is 4.90 Å². The van der Waals surface area contributed by atoms with E-state index in [0.29, 0.717) is 17.0 Å². The van der Waals surface area contributed by atoms with E-state index in [2.05, 4.69) is 12.2 Å². The maximum Gasteiger partial charge on any atom is 0.338 e. The van der Waals surface area contributed by atoms with Crippen LogP contribution in [0.2, 0.25) is 0 Å². The molecule has 6 heteroatoms. The maximum absolute atomic E-state index is 12.8. The molecular formula is C21H17NO5. The normalized spacial score (nSPS) is 28.1. The van der Waals surface area contributed by atoms with Crippen molar-refractivity contribution in [1.82, 2.24) is 0 Å². The van der Waals surface area contributed by atoms with Crippen LogP contribution in [0.1, 0.15) is 22.5 Å². The first-order chi connectivity index (χ1) is 13.1. The molecule has 1 aromatic carbocycles. The zero-order chi connectivity index (χ0) is 18.5. The summed E-state index contributed by atoms with van der Waals surface area (Å²) in [6.45, 7) is 0.0514. The monoisotopic (exact) mass is 363 g/mol. The van der Waals surface area contributed by atoms with E-state index in [1.165, 1.54) is 11.2 Å². The minimum Gasteiger partial charge on any atom is -0.466 e. The largest absolute Gasteiger partial charge is 0.466 e. The highest BCUT2D eigenvalue weighted by molar-refractivity contribution is 6.22. The SMILES string of the molecule is O=C(OCc1ccco1)c1ccc(N2C(=O)[C@@H]3[C@@H](C2=O)[C@@H]2C=C[C@@H]3C2)cc1. The van der Waals surface area contributed by atoms with Crippen molar-refractivity contribution in [2.45, 2.75) is 13.0 Å². The van der Waals surface area contributed by atoms with Crippen LogP contribution >= 0.6 is 0 Å². The number of rotatable bonds is 4. The number of amides is 2. The smallest absolute Gasteiger partial charge is 0.338 e. The van der Waals surface area contributed by atoms with Gasteiger partial charge in [0, 0.05) is 0 Å². The summed E-state index contributed by atoms with van der Waals surface area (Å²) in [5.41, 5.74) is 0.854. The van der Waals surface area contributed by atoms with Crippen LogP contribution in [0.25, 0.3) is 0 Å². The Morgan fingerprint density at radius 3 is 2.30 bits per heavy atom. The summed E-state index contributed by atoms with van der Waals surface area (Å²) in [4.78, 5) is 39.0. The van der Waals surface area contributed by atoms with Crippen molar-refractivity contribution in [2.24, 2.45) is 23.7 Å². The first kappa shape index (κ1) is 16.1. The first-order valence-electron chi connectivity index (χ1n) is 8.99. The lowest BCUT2D eigenvalue weighted by molar-refractivity contribution is -0.123. The second-order valence-electron chi connectivity index (χ2n) is 7.21. The van der Waals surface area contributed by atoms with Gasteiger partial charge in [-0.15, -0.1) is 0 Å². The molecule has 6 nitrogen and oxygen atoms in total. The van der Waals surface area contributed by atoms with E-state index in [-0.39, 0.29) is 42.1 Å². The van der Waals surface area contributed by atoms with E-state index in [9.17, 15) is 14.4 Å². The van der Waals surface area contributed by atoms with Gasteiger partial charge in [-0.1, -0.05) is 12.2 Å². The van der Waals surface area contributed by atoms with Crippen LogP contribution in [0.5, 0.6) is 0 Å². The summed E-state index contributed by atoms with van der Waals surface area (Å²) >= 11 is 0. The van der Waals surface area contributed by atoms with Gasteiger partial charge >= 0.3 is 5.97 Å². The van der Waals surface area contributed by atoms with Crippen molar-refractivity contribution >= 4 is 23.5 Å². The average molecular weight is 363 g/mol. The summed E-state index contributed by atoms with van der Waals surface area (Å²) in [5, 5.41) is 0. The summed E-state index contributed by atoms with van der Waals surface area (Å²) in [6.07, 6.45) is 6.55. The Hall–Kier alpha value is -3.15. The van der Waals surface area contributed by atoms with Gasteiger partial charge in [0.1, 0.15) is 12.4 Å². The Morgan fingerprint density at radius 1 is 1.04 bits per heavy atom. The Morgan fingerprint density at radius 2 is 1.70 bits per heavy atom. The van der Waals surface area contributed by atoms with Gasteiger partial charge in [-0.2, -0.15) is 0 Å². The lowest BCUT2D eigenvalue weighted by atomic mass is 9.85. The molecule has 5 rings (SSSR count). The summed E-state index contributed by atoms with van der Waals surface area (Å²) in [7, 11) is 0. The average Bonchev–Trinajstić information content (AvgIpc) is 3.45. The number of fused-ring (bicyclic) bond motifs is 5. The third-order valence-corrected chi connectivity index (χ3v) is 5.76. The fourth-order valence-electron chi connectivity index (χ4n) is 4.52. The Bertz CT molecular complexity index is 913. The van der Waals surface area contributed by atoms with Gasteiger partial charge in [-0.05, 0) is 54.7 Å². The number of furan rings is 1. The zero-order valence-corrected chi connectivity index (χ0v) is 14.4. The lowest BCUT2D eigenvalue weighted by Crippen LogP contribution is -2.32. The molecule has 2 fully saturated rings. The minimum atomic E-state index is -0.490. The van der Waals surface area contributed by atoms with Gasteiger partial charge in [0.05, 0.1) is 29.3 Å². The predicted octanol–water partition coefficient (Wildman–Crippen LogP) is 2.95. The van der Waals surface area contributed by atoms with Gasteiger partial charge in [0.2, 0.25) is 11.8 Å². The second kappa shape index (κ2) is 5.94. The first-order valence-corrected chi connectivity index (χ1v) is 8.99. The number of hydrogen-bond acceptors (Lipinski definition) is 5. The molecule has 1 saturated heterocycles. The van der Waals surface area contributed by atoms with Crippen molar-refractivity contribution in [3.63, 3.8) is 0 Å². The number of allylic oxidation sites excluding steroid dienone is 2. The van der Waals surface area contributed by atoms with E-state index in [1.807, 2.05) is 0 Å².